The predicted molar refractivity (Wildman–Crippen MR) is 31.5 cm³/mol. The Morgan fingerprint density at radius 3 is 2.25 bits per heavy atom. The van der Waals surface area contributed by atoms with E-state index in [0.717, 1.165) is 12.3 Å². The first-order valence-electron chi connectivity index (χ1n) is 3.54. The van der Waals surface area contributed by atoms with Gasteiger partial charge in [0, 0.05) is 0 Å². The van der Waals surface area contributed by atoms with E-state index >= 15 is 0 Å². The first kappa shape index (κ1) is 4.80. The molecule has 2 rings (SSSR count). The molecule has 0 radical (unpaired) electrons. The zero-order chi connectivity index (χ0) is 5.56. The molecule has 46 valence electrons. The third-order valence-electron chi connectivity index (χ3n) is 2.70. The lowest BCUT2D eigenvalue weighted by Crippen LogP contribution is -2.14. The topological polar surface area (TPSA) is 20.2 Å². The summed E-state index contributed by atoms with van der Waals surface area (Å²) in [6.45, 7) is 0. The number of hydrogen-bond donors (Lipinski definition) is 1. The van der Waals surface area contributed by atoms with Crippen LogP contribution in [0.4, 0.5) is 0 Å². The Kier molecular flexibility index (Phi) is 0.884. The van der Waals surface area contributed by atoms with E-state index in [2.05, 4.69) is 0 Å². The molecule has 3 atom stereocenters. The average molecular weight is 112 g/mol. The van der Waals surface area contributed by atoms with Crippen LogP contribution in [-0.4, -0.2) is 11.2 Å². The molecule has 0 heterocycles. The molecule has 0 amide bonds. The fourth-order valence-corrected chi connectivity index (χ4v) is 2.21. The number of hydrogen-bond acceptors (Lipinski definition) is 1. The molecule has 0 saturated heterocycles. The van der Waals surface area contributed by atoms with Crippen LogP contribution in [0.25, 0.3) is 0 Å². The van der Waals surface area contributed by atoms with Crippen molar-refractivity contribution in [2.75, 3.05) is 0 Å². The van der Waals surface area contributed by atoms with Crippen molar-refractivity contribution in [3.8, 4) is 0 Å². The van der Waals surface area contributed by atoms with Gasteiger partial charge >= 0.3 is 0 Å². The van der Waals surface area contributed by atoms with E-state index in [0.29, 0.717) is 5.92 Å². The van der Waals surface area contributed by atoms with Crippen LogP contribution in [-0.2, 0) is 0 Å². The van der Waals surface area contributed by atoms with Crippen molar-refractivity contribution in [1.82, 2.24) is 0 Å². The molecular formula is C7H12O. The smallest absolute Gasteiger partial charge is 0.0571 e. The van der Waals surface area contributed by atoms with Gasteiger partial charge in [-0.3, -0.25) is 0 Å². The van der Waals surface area contributed by atoms with Crippen LogP contribution < -0.4 is 0 Å². The highest BCUT2D eigenvalue weighted by molar-refractivity contribution is 4.89. The standard InChI is InChI=1S/C7H12O/c8-7-4-5-1-2-6(7)3-5/h5-8H,1-4H2/t5?,6-,7-/m1/s1. The van der Waals surface area contributed by atoms with Gasteiger partial charge in [-0.1, -0.05) is 0 Å². The maximum absolute atomic E-state index is 9.22. The molecule has 0 aromatic carbocycles. The molecule has 2 aliphatic rings. The number of aliphatic hydroxyl groups excluding tert-OH is 1. The Morgan fingerprint density at radius 2 is 2.00 bits per heavy atom. The van der Waals surface area contributed by atoms with Gasteiger partial charge in [0.25, 0.3) is 0 Å². The van der Waals surface area contributed by atoms with Gasteiger partial charge in [-0.2, -0.15) is 0 Å². The molecule has 1 nitrogen and oxygen atoms in total. The maximum atomic E-state index is 9.22. The second-order valence-corrected chi connectivity index (χ2v) is 3.24. The minimum Gasteiger partial charge on any atom is -0.393 e. The number of fused-ring (bicyclic) bond motifs is 2. The van der Waals surface area contributed by atoms with Gasteiger partial charge in [-0.15, -0.1) is 0 Å². The molecule has 1 unspecified atom stereocenters. The Labute approximate surface area is 49.7 Å². The lowest BCUT2D eigenvalue weighted by atomic mass is 9.98. The van der Waals surface area contributed by atoms with E-state index in [-0.39, 0.29) is 6.10 Å². The second-order valence-electron chi connectivity index (χ2n) is 3.24. The third kappa shape index (κ3) is 0.510. The van der Waals surface area contributed by atoms with Gasteiger partial charge < -0.3 is 5.11 Å². The number of rotatable bonds is 0. The van der Waals surface area contributed by atoms with Crippen molar-refractivity contribution >= 4 is 0 Å². The highest BCUT2D eigenvalue weighted by atomic mass is 16.3. The summed E-state index contributed by atoms with van der Waals surface area (Å²) in [4.78, 5) is 0. The third-order valence-corrected chi connectivity index (χ3v) is 2.70. The molecule has 8 heavy (non-hydrogen) atoms. The monoisotopic (exact) mass is 112 g/mol. The molecular weight excluding hydrogens is 100 g/mol. The predicted octanol–water partition coefficient (Wildman–Crippen LogP) is 1.17. The van der Waals surface area contributed by atoms with E-state index in [1.54, 1.807) is 0 Å². The molecule has 0 aliphatic heterocycles. The van der Waals surface area contributed by atoms with Gasteiger partial charge in [-0.25, -0.2) is 0 Å². The fourth-order valence-electron chi connectivity index (χ4n) is 2.21. The van der Waals surface area contributed by atoms with E-state index in [1.165, 1.54) is 19.3 Å². The van der Waals surface area contributed by atoms with Crippen LogP contribution in [0, 0.1) is 11.8 Å². The van der Waals surface area contributed by atoms with Crippen LogP contribution in [0.3, 0.4) is 0 Å². The molecule has 1 heteroatoms. The van der Waals surface area contributed by atoms with Gasteiger partial charge in [0.05, 0.1) is 6.10 Å². The highest BCUT2D eigenvalue weighted by Crippen LogP contribution is 2.44. The summed E-state index contributed by atoms with van der Waals surface area (Å²) < 4.78 is 0. The van der Waals surface area contributed by atoms with Crippen LogP contribution in [0.1, 0.15) is 25.7 Å². The van der Waals surface area contributed by atoms with E-state index in [9.17, 15) is 5.11 Å². The van der Waals surface area contributed by atoms with Crippen molar-refractivity contribution < 1.29 is 5.11 Å². The maximum Gasteiger partial charge on any atom is 0.0571 e. The molecule has 1 N–H and O–H groups in total. The lowest BCUT2D eigenvalue weighted by molar-refractivity contribution is 0.113. The van der Waals surface area contributed by atoms with Gasteiger partial charge in [-0.05, 0) is 37.5 Å². The molecule has 2 bridgehead atoms. The molecule has 0 spiro atoms. The zero-order valence-electron chi connectivity index (χ0n) is 5.01. The van der Waals surface area contributed by atoms with Gasteiger partial charge in [0.2, 0.25) is 0 Å². The first-order chi connectivity index (χ1) is 3.86. The highest BCUT2D eigenvalue weighted by Gasteiger charge is 2.38. The van der Waals surface area contributed by atoms with E-state index < -0.39 is 0 Å². The zero-order valence-corrected chi connectivity index (χ0v) is 5.01. The molecule has 2 fully saturated rings. The van der Waals surface area contributed by atoms with E-state index in [4.69, 9.17) is 0 Å². The number of aliphatic hydroxyl groups is 1. The van der Waals surface area contributed by atoms with Crippen molar-refractivity contribution in [1.29, 1.82) is 0 Å². The minimum absolute atomic E-state index is 0.0775. The summed E-state index contributed by atoms with van der Waals surface area (Å²) in [5.41, 5.74) is 0. The van der Waals surface area contributed by atoms with Crippen LogP contribution in [0.15, 0.2) is 0 Å². The summed E-state index contributed by atoms with van der Waals surface area (Å²) in [7, 11) is 0. The summed E-state index contributed by atoms with van der Waals surface area (Å²) in [5.74, 6) is 1.59. The van der Waals surface area contributed by atoms with Crippen LogP contribution in [0.5, 0.6) is 0 Å². The molecule has 2 saturated carbocycles. The Morgan fingerprint density at radius 1 is 1.12 bits per heavy atom. The minimum atomic E-state index is 0.0775. The quantitative estimate of drug-likeness (QED) is 0.498. The van der Waals surface area contributed by atoms with Crippen LogP contribution in [0.2, 0.25) is 0 Å². The lowest BCUT2D eigenvalue weighted by Gasteiger charge is -2.14. The summed E-state index contributed by atoms with van der Waals surface area (Å²) in [5, 5.41) is 9.22. The van der Waals surface area contributed by atoms with Crippen molar-refractivity contribution in [3.05, 3.63) is 0 Å². The van der Waals surface area contributed by atoms with E-state index in [1.807, 2.05) is 0 Å². The summed E-state index contributed by atoms with van der Waals surface area (Å²) in [6.07, 6.45) is 5.19. The van der Waals surface area contributed by atoms with Crippen molar-refractivity contribution in [2.45, 2.75) is 31.8 Å². The SMILES string of the molecule is O[C@@H]1CC2CC[C@@H]1C2. The summed E-state index contributed by atoms with van der Waals surface area (Å²) in [6, 6.07) is 0. The Bertz CT molecular complexity index is 98.6. The molecule has 0 aromatic rings. The Balaban J connectivity index is 2.11. The fraction of sp³-hybridized carbons (Fsp3) is 1.00. The molecule has 2 aliphatic carbocycles. The Hall–Kier alpha value is -0.0400. The normalized spacial score (nSPS) is 52.9. The first-order valence-corrected chi connectivity index (χ1v) is 3.54. The molecule has 0 aromatic heterocycles. The van der Waals surface area contributed by atoms with Crippen LogP contribution >= 0.6 is 0 Å². The second kappa shape index (κ2) is 1.47. The van der Waals surface area contributed by atoms with Crippen molar-refractivity contribution in [3.63, 3.8) is 0 Å². The summed E-state index contributed by atoms with van der Waals surface area (Å²) >= 11 is 0. The van der Waals surface area contributed by atoms with Gasteiger partial charge in [0.1, 0.15) is 0 Å². The van der Waals surface area contributed by atoms with Crippen molar-refractivity contribution in [2.24, 2.45) is 11.8 Å². The van der Waals surface area contributed by atoms with Gasteiger partial charge in [0.15, 0.2) is 0 Å². The average Bonchev–Trinajstić information content (AvgIpc) is 2.23. The largest absolute Gasteiger partial charge is 0.393 e.